The van der Waals surface area contributed by atoms with E-state index in [9.17, 15) is 4.79 Å². The first-order valence-electron chi connectivity index (χ1n) is 6.69. The molecule has 0 saturated heterocycles. The number of carbonyl (C=O) groups is 1. The maximum atomic E-state index is 12.3. The van der Waals surface area contributed by atoms with E-state index in [1.807, 2.05) is 12.1 Å². The van der Waals surface area contributed by atoms with Crippen LogP contribution in [-0.2, 0) is 0 Å². The third-order valence-corrected chi connectivity index (χ3v) is 3.21. The van der Waals surface area contributed by atoms with Gasteiger partial charge in [0, 0.05) is 5.39 Å². The number of ether oxygens (including phenoxy) is 2. The smallest absolute Gasteiger partial charge is 0.343 e. The number of carbonyl (C=O) groups excluding carboxylic acids is 1. The molecule has 0 amide bonds. The van der Waals surface area contributed by atoms with E-state index in [1.54, 1.807) is 49.6 Å². The lowest BCUT2D eigenvalue weighted by Gasteiger charge is -2.08. The highest BCUT2D eigenvalue weighted by atomic mass is 16.5. The summed E-state index contributed by atoms with van der Waals surface area (Å²) in [6, 6.07) is 15.7. The van der Waals surface area contributed by atoms with Crippen LogP contribution in [0.25, 0.3) is 10.9 Å². The minimum Gasteiger partial charge on any atom is -0.497 e. The van der Waals surface area contributed by atoms with Crippen molar-refractivity contribution < 1.29 is 14.3 Å². The van der Waals surface area contributed by atoms with Crippen LogP contribution >= 0.6 is 0 Å². The number of fused-ring (bicyclic) bond motifs is 1. The van der Waals surface area contributed by atoms with Crippen LogP contribution in [0.3, 0.4) is 0 Å². The Morgan fingerprint density at radius 2 is 1.91 bits per heavy atom. The third-order valence-electron chi connectivity index (χ3n) is 3.21. The summed E-state index contributed by atoms with van der Waals surface area (Å²) in [5.74, 6) is 0.861. The molecule has 0 saturated carbocycles. The molecule has 2 N–H and O–H groups in total. The average Bonchev–Trinajstić information content (AvgIpc) is 2.55. The molecule has 0 bridgehead atoms. The van der Waals surface area contributed by atoms with E-state index in [1.165, 1.54) is 0 Å². The van der Waals surface area contributed by atoms with Gasteiger partial charge >= 0.3 is 5.97 Å². The molecule has 1 heterocycles. The molecule has 2 aromatic carbocycles. The van der Waals surface area contributed by atoms with E-state index in [4.69, 9.17) is 15.2 Å². The first-order valence-corrected chi connectivity index (χ1v) is 6.69. The molecule has 1 aromatic heterocycles. The van der Waals surface area contributed by atoms with E-state index < -0.39 is 5.97 Å². The molecule has 0 spiro atoms. The van der Waals surface area contributed by atoms with Gasteiger partial charge in [-0.1, -0.05) is 18.2 Å². The molecule has 0 atom stereocenters. The van der Waals surface area contributed by atoms with Gasteiger partial charge in [-0.05, 0) is 36.4 Å². The van der Waals surface area contributed by atoms with Gasteiger partial charge in [0.05, 0.1) is 12.7 Å². The average molecular weight is 294 g/mol. The van der Waals surface area contributed by atoms with Gasteiger partial charge in [-0.3, -0.25) is 0 Å². The summed E-state index contributed by atoms with van der Waals surface area (Å²) in [6.07, 6.45) is 0. The number of rotatable bonds is 3. The van der Waals surface area contributed by atoms with Crippen molar-refractivity contribution in [3.8, 4) is 11.5 Å². The summed E-state index contributed by atoms with van der Waals surface area (Å²) in [5, 5.41) is 0.852. The number of esters is 1. The van der Waals surface area contributed by atoms with Crippen LogP contribution in [0.2, 0.25) is 0 Å². The summed E-state index contributed by atoms with van der Waals surface area (Å²) in [7, 11) is 1.54. The Morgan fingerprint density at radius 3 is 2.73 bits per heavy atom. The SMILES string of the molecule is COc1cccc(C(=O)Oc2cccc3ccc(N)nc23)c1. The number of nitrogens with two attached hydrogens (primary N) is 1. The van der Waals surface area contributed by atoms with E-state index in [-0.39, 0.29) is 0 Å². The van der Waals surface area contributed by atoms with Crippen LogP contribution in [0.15, 0.2) is 54.6 Å². The number of hydrogen-bond donors (Lipinski definition) is 1. The van der Waals surface area contributed by atoms with Gasteiger partial charge in [0.15, 0.2) is 5.75 Å². The monoisotopic (exact) mass is 294 g/mol. The molecule has 110 valence electrons. The third kappa shape index (κ3) is 2.69. The van der Waals surface area contributed by atoms with Crippen LogP contribution in [0.1, 0.15) is 10.4 Å². The molecule has 22 heavy (non-hydrogen) atoms. The Morgan fingerprint density at radius 1 is 1.09 bits per heavy atom. The first kappa shape index (κ1) is 13.9. The zero-order valence-electron chi connectivity index (χ0n) is 11.9. The molecule has 0 unspecified atom stereocenters. The maximum Gasteiger partial charge on any atom is 0.343 e. The molecular weight excluding hydrogens is 280 g/mol. The molecule has 5 nitrogen and oxygen atoms in total. The normalized spacial score (nSPS) is 10.4. The predicted octanol–water partition coefficient (Wildman–Crippen LogP) is 3.04. The summed E-state index contributed by atoms with van der Waals surface area (Å²) < 4.78 is 10.6. The number of anilines is 1. The Hall–Kier alpha value is -3.08. The molecule has 0 aliphatic heterocycles. The number of benzene rings is 2. The number of methoxy groups -OCH3 is 1. The summed E-state index contributed by atoms with van der Waals surface area (Å²) in [5.41, 5.74) is 6.66. The van der Waals surface area contributed by atoms with Gasteiger partial charge in [0.2, 0.25) is 0 Å². The van der Waals surface area contributed by atoms with Crippen LogP contribution in [0.5, 0.6) is 11.5 Å². The fraction of sp³-hybridized carbons (Fsp3) is 0.0588. The standard InChI is InChI=1S/C17H14N2O3/c1-21-13-6-2-5-12(10-13)17(20)22-14-7-3-4-11-8-9-15(18)19-16(11)14/h2-10H,1H3,(H2,18,19). The second-order valence-corrected chi connectivity index (χ2v) is 4.69. The number of para-hydroxylation sites is 1. The Balaban J connectivity index is 1.95. The van der Waals surface area contributed by atoms with E-state index >= 15 is 0 Å². The van der Waals surface area contributed by atoms with Gasteiger partial charge in [-0.25, -0.2) is 9.78 Å². The maximum absolute atomic E-state index is 12.3. The summed E-state index contributed by atoms with van der Waals surface area (Å²) in [4.78, 5) is 16.5. The van der Waals surface area contributed by atoms with Crippen LogP contribution in [0, 0.1) is 0 Å². The molecule has 0 radical (unpaired) electrons. The van der Waals surface area contributed by atoms with Crippen molar-refractivity contribution in [3.05, 3.63) is 60.2 Å². The second-order valence-electron chi connectivity index (χ2n) is 4.69. The Labute approximate surface area is 127 Å². The quantitative estimate of drug-likeness (QED) is 0.593. The van der Waals surface area contributed by atoms with Gasteiger partial charge < -0.3 is 15.2 Å². The van der Waals surface area contributed by atoms with Gasteiger partial charge in [-0.15, -0.1) is 0 Å². The number of aromatic nitrogens is 1. The fourth-order valence-corrected chi connectivity index (χ4v) is 2.13. The summed E-state index contributed by atoms with van der Waals surface area (Å²) >= 11 is 0. The Kier molecular flexibility index (Phi) is 3.62. The number of nitrogens with zero attached hydrogens (tertiary/aromatic N) is 1. The molecule has 3 rings (SSSR count). The minimum absolute atomic E-state index is 0.373. The van der Waals surface area contributed by atoms with E-state index in [2.05, 4.69) is 4.98 Å². The van der Waals surface area contributed by atoms with Gasteiger partial charge in [-0.2, -0.15) is 0 Å². The van der Waals surface area contributed by atoms with Crippen molar-refractivity contribution in [1.82, 2.24) is 4.98 Å². The van der Waals surface area contributed by atoms with Crippen LogP contribution < -0.4 is 15.2 Å². The van der Waals surface area contributed by atoms with Crippen molar-refractivity contribution in [3.63, 3.8) is 0 Å². The number of hydrogen-bond acceptors (Lipinski definition) is 5. The molecule has 0 aliphatic carbocycles. The van der Waals surface area contributed by atoms with Crippen molar-refractivity contribution in [2.75, 3.05) is 12.8 Å². The van der Waals surface area contributed by atoms with Crippen LogP contribution in [0.4, 0.5) is 5.82 Å². The largest absolute Gasteiger partial charge is 0.497 e. The molecule has 0 aliphatic rings. The van der Waals surface area contributed by atoms with Crippen molar-refractivity contribution >= 4 is 22.7 Å². The number of pyridine rings is 1. The fourth-order valence-electron chi connectivity index (χ4n) is 2.13. The minimum atomic E-state index is -0.476. The first-order chi connectivity index (χ1) is 10.7. The lowest BCUT2D eigenvalue weighted by molar-refractivity contribution is 0.0736. The highest BCUT2D eigenvalue weighted by molar-refractivity contribution is 5.94. The van der Waals surface area contributed by atoms with Gasteiger partial charge in [0.25, 0.3) is 0 Å². The topological polar surface area (TPSA) is 74.4 Å². The van der Waals surface area contributed by atoms with Crippen molar-refractivity contribution in [2.24, 2.45) is 0 Å². The second kappa shape index (κ2) is 5.73. The van der Waals surface area contributed by atoms with Crippen LogP contribution in [-0.4, -0.2) is 18.1 Å². The zero-order chi connectivity index (χ0) is 15.5. The summed E-state index contributed by atoms with van der Waals surface area (Å²) in [6.45, 7) is 0. The highest BCUT2D eigenvalue weighted by Crippen LogP contribution is 2.25. The number of nitrogen functional groups attached to an aromatic ring is 1. The zero-order valence-corrected chi connectivity index (χ0v) is 11.9. The lowest BCUT2D eigenvalue weighted by Crippen LogP contribution is -2.09. The Bertz CT molecular complexity index is 846. The molecule has 0 fully saturated rings. The van der Waals surface area contributed by atoms with Crippen molar-refractivity contribution in [1.29, 1.82) is 0 Å². The van der Waals surface area contributed by atoms with Gasteiger partial charge in [0.1, 0.15) is 17.1 Å². The molecule has 5 heteroatoms. The van der Waals surface area contributed by atoms with E-state index in [0.29, 0.717) is 28.4 Å². The lowest BCUT2D eigenvalue weighted by atomic mass is 10.2. The molecular formula is C17H14N2O3. The van der Waals surface area contributed by atoms with Crippen molar-refractivity contribution in [2.45, 2.75) is 0 Å². The predicted molar refractivity (Wildman–Crippen MR) is 84.1 cm³/mol. The highest BCUT2D eigenvalue weighted by Gasteiger charge is 2.12. The molecule has 3 aromatic rings. The van der Waals surface area contributed by atoms with E-state index in [0.717, 1.165) is 5.39 Å².